The van der Waals surface area contributed by atoms with Gasteiger partial charge in [0.1, 0.15) is 12.3 Å². The van der Waals surface area contributed by atoms with Crippen molar-refractivity contribution in [1.29, 1.82) is 0 Å². The smallest absolute Gasteiger partial charge is 0.191 e. The van der Waals surface area contributed by atoms with Gasteiger partial charge in [0, 0.05) is 45.0 Å². The number of hydrogen-bond donors (Lipinski definition) is 2. The van der Waals surface area contributed by atoms with Crippen LogP contribution in [0.1, 0.15) is 25.5 Å². The Hall–Kier alpha value is -2.47. The molecule has 2 heterocycles. The number of hydrogen-bond acceptors (Lipinski definition) is 4. The average Bonchev–Trinajstić information content (AvgIpc) is 3.26. The minimum atomic E-state index is 0.564. The molecule has 0 bridgehead atoms. The van der Waals surface area contributed by atoms with Gasteiger partial charge in [-0.25, -0.2) is 4.99 Å². The van der Waals surface area contributed by atoms with E-state index in [0.717, 1.165) is 57.4 Å². The molecular formula is C22H33N5O. The highest BCUT2D eigenvalue weighted by molar-refractivity contribution is 5.79. The molecule has 0 radical (unpaired) electrons. The lowest BCUT2D eigenvalue weighted by atomic mass is 10.2. The third kappa shape index (κ3) is 6.60. The molecule has 0 unspecified atom stereocenters. The molecule has 2 aromatic rings. The molecule has 152 valence electrons. The van der Waals surface area contributed by atoms with Crippen molar-refractivity contribution in [3.63, 3.8) is 0 Å². The Morgan fingerprint density at radius 1 is 1.00 bits per heavy atom. The maximum absolute atomic E-state index is 5.34. The molecule has 28 heavy (non-hydrogen) atoms. The number of furan rings is 1. The van der Waals surface area contributed by atoms with E-state index in [4.69, 9.17) is 4.42 Å². The molecule has 1 aliphatic heterocycles. The molecule has 1 aromatic carbocycles. The van der Waals surface area contributed by atoms with Crippen molar-refractivity contribution in [3.05, 3.63) is 54.5 Å². The molecule has 6 heteroatoms. The fourth-order valence-electron chi connectivity index (χ4n) is 3.44. The van der Waals surface area contributed by atoms with Crippen LogP contribution >= 0.6 is 0 Å². The molecular weight excluding hydrogens is 350 g/mol. The Labute approximate surface area is 168 Å². The van der Waals surface area contributed by atoms with Crippen LogP contribution in [0, 0.1) is 0 Å². The molecule has 3 rings (SSSR count). The molecule has 0 aliphatic carbocycles. The van der Waals surface area contributed by atoms with Gasteiger partial charge in [-0.1, -0.05) is 18.2 Å². The Kier molecular flexibility index (Phi) is 8.25. The maximum atomic E-state index is 5.34. The molecule has 1 saturated heterocycles. The average molecular weight is 384 g/mol. The van der Waals surface area contributed by atoms with E-state index in [9.17, 15) is 0 Å². The number of para-hydroxylation sites is 1. The summed E-state index contributed by atoms with van der Waals surface area (Å²) in [6.07, 6.45) is 4.03. The number of benzene rings is 1. The summed E-state index contributed by atoms with van der Waals surface area (Å²) in [7, 11) is 0. The van der Waals surface area contributed by atoms with E-state index in [1.807, 2.05) is 12.1 Å². The molecule has 1 aliphatic rings. The van der Waals surface area contributed by atoms with E-state index >= 15 is 0 Å². The molecule has 2 N–H and O–H groups in total. The predicted molar refractivity (Wildman–Crippen MR) is 116 cm³/mol. The van der Waals surface area contributed by atoms with Crippen molar-refractivity contribution in [2.75, 3.05) is 50.7 Å². The number of anilines is 1. The topological polar surface area (TPSA) is 56.0 Å². The van der Waals surface area contributed by atoms with Crippen molar-refractivity contribution in [3.8, 4) is 0 Å². The number of piperazine rings is 1. The number of guanidine groups is 1. The summed E-state index contributed by atoms with van der Waals surface area (Å²) >= 11 is 0. The van der Waals surface area contributed by atoms with Crippen LogP contribution in [0.15, 0.2) is 58.1 Å². The highest BCUT2D eigenvalue weighted by atomic mass is 16.3. The highest BCUT2D eigenvalue weighted by Gasteiger charge is 2.16. The summed E-state index contributed by atoms with van der Waals surface area (Å²) in [5.41, 5.74) is 1.34. The van der Waals surface area contributed by atoms with E-state index < -0.39 is 0 Å². The summed E-state index contributed by atoms with van der Waals surface area (Å²) in [5.74, 6) is 1.74. The fourth-order valence-corrected chi connectivity index (χ4v) is 3.44. The number of unbranched alkanes of at least 4 members (excludes halogenated alkanes) is 1. The minimum absolute atomic E-state index is 0.564. The van der Waals surface area contributed by atoms with Crippen molar-refractivity contribution >= 4 is 11.6 Å². The van der Waals surface area contributed by atoms with Crippen LogP contribution in [-0.4, -0.2) is 56.7 Å². The first-order valence-corrected chi connectivity index (χ1v) is 10.4. The van der Waals surface area contributed by atoms with Crippen LogP contribution < -0.4 is 15.5 Å². The van der Waals surface area contributed by atoms with Gasteiger partial charge < -0.3 is 20.0 Å². The Bertz CT molecular complexity index is 678. The summed E-state index contributed by atoms with van der Waals surface area (Å²) < 4.78 is 5.34. The molecule has 6 nitrogen and oxygen atoms in total. The van der Waals surface area contributed by atoms with Crippen LogP contribution in [0.4, 0.5) is 5.69 Å². The van der Waals surface area contributed by atoms with Crippen molar-refractivity contribution in [2.24, 2.45) is 4.99 Å². The van der Waals surface area contributed by atoms with Crippen LogP contribution in [0.2, 0.25) is 0 Å². The Morgan fingerprint density at radius 2 is 1.82 bits per heavy atom. The summed E-state index contributed by atoms with van der Waals surface area (Å²) in [4.78, 5) is 9.63. The summed E-state index contributed by atoms with van der Waals surface area (Å²) in [6, 6.07) is 14.6. The second-order valence-electron chi connectivity index (χ2n) is 7.07. The van der Waals surface area contributed by atoms with Crippen LogP contribution in [0.3, 0.4) is 0 Å². The third-order valence-electron chi connectivity index (χ3n) is 5.00. The first kappa shape index (κ1) is 20.3. The predicted octanol–water partition coefficient (Wildman–Crippen LogP) is 2.94. The molecule has 0 atom stereocenters. The summed E-state index contributed by atoms with van der Waals surface area (Å²) in [5, 5.41) is 6.71. The van der Waals surface area contributed by atoms with Gasteiger partial charge in [0.2, 0.25) is 0 Å². The lowest BCUT2D eigenvalue weighted by molar-refractivity contribution is 0.253. The number of nitrogens with zero attached hydrogens (tertiary/aromatic N) is 3. The fraction of sp³-hybridized carbons (Fsp3) is 0.500. The SMILES string of the molecule is CCNC(=NCc1ccco1)NCCCCN1CCN(c2ccccc2)CC1. The molecule has 1 fully saturated rings. The molecule has 0 saturated carbocycles. The van der Waals surface area contributed by atoms with Gasteiger partial charge in [0.05, 0.1) is 6.26 Å². The number of nitrogens with one attached hydrogen (secondary N) is 2. The van der Waals surface area contributed by atoms with Crippen molar-refractivity contribution < 1.29 is 4.42 Å². The van der Waals surface area contributed by atoms with E-state index in [-0.39, 0.29) is 0 Å². The highest BCUT2D eigenvalue weighted by Crippen LogP contribution is 2.15. The van der Waals surface area contributed by atoms with Gasteiger partial charge in [0.25, 0.3) is 0 Å². The third-order valence-corrected chi connectivity index (χ3v) is 5.00. The van der Waals surface area contributed by atoms with Gasteiger partial charge in [-0.3, -0.25) is 4.90 Å². The van der Waals surface area contributed by atoms with Gasteiger partial charge in [-0.2, -0.15) is 0 Å². The zero-order chi connectivity index (χ0) is 19.4. The largest absolute Gasteiger partial charge is 0.467 e. The van der Waals surface area contributed by atoms with Gasteiger partial charge in [0.15, 0.2) is 5.96 Å². The van der Waals surface area contributed by atoms with Gasteiger partial charge in [-0.15, -0.1) is 0 Å². The lowest BCUT2D eigenvalue weighted by Gasteiger charge is -2.36. The van der Waals surface area contributed by atoms with Crippen molar-refractivity contribution in [2.45, 2.75) is 26.3 Å². The number of rotatable bonds is 9. The minimum Gasteiger partial charge on any atom is -0.467 e. The van der Waals surface area contributed by atoms with E-state index in [2.05, 4.69) is 62.7 Å². The first-order valence-electron chi connectivity index (χ1n) is 10.4. The van der Waals surface area contributed by atoms with Gasteiger partial charge >= 0.3 is 0 Å². The second-order valence-corrected chi connectivity index (χ2v) is 7.07. The van der Waals surface area contributed by atoms with E-state index in [1.165, 1.54) is 18.7 Å². The molecule has 0 amide bonds. The quantitative estimate of drug-likeness (QED) is 0.396. The van der Waals surface area contributed by atoms with Crippen LogP contribution in [-0.2, 0) is 6.54 Å². The zero-order valence-electron chi connectivity index (χ0n) is 16.9. The standard InChI is InChI=1S/C22H33N5O/c1-2-23-22(25-19-21-11-8-18-28-21)24-12-6-7-13-26-14-16-27(17-15-26)20-9-4-3-5-10-20/h3-5,8-11,18H,2,6-7,12-17,19H2,1H3,(H2,23,24,25). The van der Waals surface area contributed by atoms with Gasteiger partial charge in [-0.05, 0) is 50.6 Å². The molecule has 1 aromatic heterocycles. The Morgan fingerprint density at radius 3 is 2.54 bits per heavy atom. The monoisotopic (exact) mass is 383 g/mol. The Balaban J connectivity index is 1.29. The van der Waals surface area contributed by atoms with Crippen molar-refractivity contribution in [1.82, 2.24) is 15.5 Å². The maximum Gasteiger partial charge on any atom is 0.191 e. The lowest BCUT2D eigenvalue weighted by Crippen LogP contribution is -2.46. The van der Waals surface area contributed by atoms with Crippen LogP contribution in [0.25, 0.3) is 0 Å². The van der Waals surface area contributed by atoms with E-state index in [1.54, 1.807) is 6.26 Å². The second kappa shape index (κ2) is 11.4. The molecule has 0 spiro atoms. The number of aliphatic imine (C=N–C) groups is 1. The van der Waals surface area contributed by atoms with Crippen LogP contribution in [0.5, 0.6) is 0 Å². The van der Waals surface area contributed by atoms with E-state index in [0.29, 0.717) is 6.54 Å². The first-order chi connectivity index (χ1) is 13.8. The normalized spacial score (nSPS) is 15.6. The zero-order valence-corrected chi connectivity index (χ0v) is 16.9. The summed E-state index contributed by atoms with van der Waals surface area (Å²) in [6.45, 7) is 10.1.